The Bertz CT molecular complexity index is 449. The number of esters is 1. The average Bonchev–Trinajstić information content (AvgIpc) is 2.37. The highest BCUT2D eigenvalue weighted by Gasteiger charge is 2.15. The molecule has 1 unspecified atom stereocenters. The number of hydrogen-bond acceptors (Lipinski definition) is 6. The first-order valence-corrected chi connectivity index (χ1v) is 6.95. The third kappa shape index (κ3) is 4.77. The number of aryl methyl sites for hydroxylation is 1. The highest BCUT2D eigenvalue weighted by atomic mass is 16.5. The van der Waals surface area contributed by atoms with Gasteiger partial charge in [-0.1, -0.05) is 13.8 Å². The minimum Gasteiger partial charge on any atom is -0.462 e. The first kappa shape index (κ1) is 16.4. The van der Waals surface area contributed by atoms with Crippen LogP contribution < -0.4 is 11.1 Å². The van der Waals surface area contributed by atoms with E-state index in [0.717, 1.165) is 6.42 Å². The van der Waals surface area contributed by atoms with E-state index in [9.17, 15) is 4.79 Å². The van der Waals surface area contributed by atoms with Crippen LogP contribution in [0.1, 0.15) is 43.2 Å². The maximum atomic E-state index is 11.7. The molecule has 0 aliphatic rings. The number of hydrogen-bond donors (Lipinski definition) is 2. The molecule has 20 heavy (non-hydrogen) atoms. The van der Waals surface area contributed by atoms with E-state index < -0.39 is 5.97 Å². The molecule has 0 radical (unpaired) electrons. The lowest BCUT2D eigenvalue weighted by atomic mass is 10.0. The molecule has 1 aromatic rings. The molecule has 1 rings (SSSR count). The highest BCUT2D eigenvalue weighted by Crippen LogP contribution is 2.12. The molecule has 6 heteroatoms. The van der Waals surface area contributed by atoms with Gasteiger partial charge in [0, 0.05) is 18.8 Å². The summed E-state index contributed by atoms with van der Waals surface area (Å²) in [6, 6.07) is 0.128. The highest BCUT2D eigenvalue weighted by molar-refractivity contribution is 5.90. The van der Waals surface area contributed by atoms with Crippen LogP contribution in [-0.4, -0.2) is 35.1 Å². The fourth-order valence-electron chi connectivity index (χ4n) is 1.91. The van der Waals surface area contributed by atoms with Crippen molar-refractivity contribution in [2.45, 2.75) is 40.2 Å². The molecule has 0 bridgehead atoms. The number of anilines is 1. The predicted molar refractivity (Wildman–Crippen MR) is 78.6 cm³/mol. The summed E-state index contributed by atoms with van der Waals surface area (Å²) in [7, 11) is 0. The number of carbonyl (C=O) groups excluding carboxylic acids is 1. The molecule has 0 spiro atoms. The Morgan fingerprint density at radius 2 is 2.20 bits per heavy atom. The molecule has 112 valence electrons. The summed E-state index contributed by atoms with van der Waals surface area (Å²) in [5, 5.41) is 3.20. The van der Waals surface area contributed by atoms with Gasteiger partial charge in [0.25, 0.3) is 0 Å². The van der Waals surface area contributed by atoms with Crippen LogP contribution >= 0.6 is 0 Å². The molecule has 0 fully saturated rings. The van der Waals surface area contributed by atoms with Gasteiger partial charge in [-0.2, -0.15) is 0 Å². The third-order valence-corrected chi connectivity index (χ3v) is 2.85. The Morgan fingerprint density at radius 3 is 2.70 bits per heavy atom. The molecular formula is C14H24N4O2. The van der Waals surface area contributed by atoms with Gasteiger partial charge >= 0.3 is 5.97 Å². The monoisotopic (exact) mass is 280 g/mol. The topological polar surface area (TPSA) is 90.1 Å². The standard InChI is InChI=1S/C14H24N4O2/c1-5-20-13(19)12-8-16-14(17-10(12)4)18-11(7-15)6-9(2)3/h8-9,11H,5-7,15H2,1-4H3,(H,16,17,18). The van der Waals surface area contributed by atoms with Gasteiger partial charge in [0.15, 0.2) is 0 Å². The van der Waals surface area contributed by atoms with Crippen molar-refractivity contribution >= 4 is 11.9 Å². The van der Waals surface area contributed by atoms with Gasteiger partial charge < -0.3 is 15.8 Å². The zero-order valence-corrected chi connectivity index (χ0v) is 12.6. The number of nitrogens with one attached hydrogen (secondary N) is 1. The van der Waals surface area contributed by atoms with Crippen LogP contribution in [0.5, 0.6) is 0 Å². The fraction of sp³-hybridized carbons (Fsp3) is 0.643. The smallest absolute Gasteiger partial charge is 0.341 e. The SMILES string of the molecule is CCOC(=O)c1cnc(NC(CN)CC(C)C)nc1C. The Labute approximate surface area is 120 Å². The van der Waals surface area contributed by atoms with Gasteiger partial charge in [-0.3, -0.25) is 0 Å². The normalized spacial score (nSPS) is 12.3. The zero-order valence-electron chi connectivity index (χ0n) is 12.6. The zero-order chi connectivity index (χ0) is 15.1. The molecule has 1 heterocycles. The van der Waals surface area contributed by atoms with Gasteiger partial charge in [-0.05, 0) is 26.2 Å². The molecule has 0 amide bonds. The number of nitrogens with two attached hydrogens (primary N) is 1. The first-order valence-electron chi connectivity index (χ1n) is 6.95. The van der Waals surface area contributed by atoms with E-state index >= 15 is 0 Å². The van der Waals surface area contributed by atoms with Crippen LogP contribution in [-0.2, 0) is 4.74 Å². The molecule has 0 saturated carbocycles. The molecular weight excluding hydrogens is 256 g/mol. The van der Waals surface area contributed by atoms with E-state index in [1.165, 1.54) is 6.20 Å². The van der Waals surface area contributed by atoms with Crippen molar-refractivity contribution < 1.29 is 9.53 Å². The minimum absolute atomic E-state index is 0.128. The van der Waals surface area contributed by atoms with E-state index in [1.807, 2.05) is 0 Å². The molecule has 6 nitrogen and oxygen atoms in total. The van der Waals surface area contributed by atoms with Gasteiger partial charge in [0.1, 0.15) is 0 Å². The molecule has 0 aliphatic heterocycles. The number of aromatic nitrogens is 2. The third-order valence-electron chi connectivity index (χ3n) is 2.85. The number of carbonyl (C=O) groups is 1. The fourth-order valence-corrected chi connectivity index (χ4v) is 1.91. The molecule has 0 saturated heterocycles. The second-order valence-electron chi connectivity index (χ2n) is 5.12. The Balaban J connectivity index is 2.78. The minimum atomic E-state index is -0.394. The summed E-state index contributed by atoms with van der Waals surface area (Å²) >= 11 is 0. The van der Waals surface area contributed by atoms with Gasteiger partial charge in [-0.15, -0.1) is 0 Å². The van der Waals surface area contributed by atoms with Crippen molar-refractivity contribution in [3.63, 3.8) is 0 Å². The molecule has 0 aliphatic carbocycles. The summed E-state index contributed by atoms with van der Waals surface area (Å²) < 4.78 is 4.94. The number of ether oxygens (including phenoxy) is 1. The maximum Gasteiger partial charge on any atom is 0.341 e. The van der Waals surface area contributed by atoms with Crippen LogP contribution in [0.4, 0.5) is 5.95 Å². The van der Waals surface area contributed by atoms with E-state index in [-0.39, 0.29) is 6.04 Å². The summed E-state index contributed by atoms with van der Waals surface area (Å²) in [5.41, 5.74) is 6.72. The Morgan fingerprint density at radius 1 is 1.50 bits per heavy atom. The largest absolute Gasteiger partial charge is 0.462 e. The second-order valence-corrected chi connectivity index (χ2v) is 5.12. The molecule has 3 N–H and O–H groups in total. The molecule has 0 aromatic carbocycles. The van der Waals surface area contributed by atoms with Crippen molar-refractivity contribution in [3.05, 3.63) is 17.5 Å². The van der Waals surface area contributed by atoms with Crippen molar-refractivity contribution in [2.24, 2.45) is 11.7 Å². The van der Waals surface area contributed by atoms with Gasteiger partial charge in [0.2, 0.25) is 5.95 Å². The molecule has 1 atom stereocenters. The average molecular weight is 280 g/mol. The van der Waals surface area contributed by atoms with Crippen LogP contribution in [0.15, 0.2) is 6.20 Å². The maximum absolute atomic E-state index is 11.7. The van der Waals surface area contributed by atoms with Crippen molar-refractivity contribution in [1.82, 2.24) is 9.97 Å². The second kappa shape index (κ2) is 7.79. The van der Waals surface area contributed by atoms with E-state index in [0.29, 0.717) is 36.3 Å². The molecule has 1 aromatic heterocycles. The quantitative estimate of drug-likeness (QED) is 0.739. The lowest BCUT2D eigenvalue weighted by Gasteiger charge is -2.19. The van der Waals surface area contributed by atoms with Crippen LogP contribution in [0, 0.1) is 12.8 Å². The van der Waals surface area contributed by atoms with E-state index in [2.05, 4.69) is 29.1 Å². The Kier molecular flexibility index (Phi) is 6.38. The van der Waals surface area contributed by atoms with Gasteiger partial charge in [-0.25, -0.2) is 14.8 Å². The Hall–Kier alpha value is -1.69. The summed E-state index contributed by atoms with van der Waals surface area (Å²) in [5.74, 6) is 0.636. The predicted octanol–water partition coefficient (Wildman–Crippen LogP) is 1.75. The lowest BCUT2D eigenvalue weighted by molar-refractivity contribution is 0.0524. The number of rotatable bonds is 7. The van der Waals surface area contributed by atoms with Crippen molar-refractivity contribution in [1.29, 1.82) is 0 Å². The van der Waals surface area contributed by atoms with Crippen LogP contribution in [0.2, 0.25) is 0 Å². The van der Waals surface area contributed by atoms with Crippen LogP contribution in [0.25, 0.3) is 0 Å². The summed E-state index contributed by atoms with van der Waals surface area (Å²) in [6.45, 7) is 8.66. The van der Waals surface area contributed by atoms with Crippen LogP contribution in [0.3, 0.4) is 0 Å². The lowest BCUT2D eigenvalue weighted by Crippen LogP contribution is -2.31. The van der Waals surface area contributed by atoms with E-state index in [1.54, 1.807) is 13.8 Å². The summed E-state index contributed by atoms with van der Waals surface area (Å²) in [4.78, 5) is 20.1. The van der Waals surface area contributed by atoms with Crippen molar-refractivity contribution in [2.75, 3.05) is 18.5 Å². The first-order chi connectivity index (χ1) is 9.47. The van der Waals surface area contributed by atoms with Gasteiger partial charge in [0.05, 0.1) is 17.9 Å². The number of nitrogens with zero attached hydrogens (tertiary/aromatic N) is 2. The summed E-state index contributed by atoms with van der Waals surface area (Å²) in [6.07, 6.45) is 2.43. The van der Waals surface area contributed by atoms with Crippen molar-refractivity contribution in [3.8, 4) is 0 Å². The van der Waals surface area contributed by atoms with E-state index in [4.69, 9.17) is 10.5 Å².